The first kappa shape index (κ1) is 13.2. The molecule has 2 heterocycles. The SMILES string of the molecule is NC1(COc2ccc3nccnc3n2)CCCCCC1. The van der Waals surface area contributed by atoms with E-state index in [1.807, 2.05) is 12.1 Å². The van der Waals surface area contributed by atoms with Crippen LogP contribution in [0, 0.1) is 0 Å². The molecule has 1 fully saturated rings. The fraction of sp³-hybridized carbons (Fsp3) is 0.533. The van der Waals surface area contributed by atoms with Crippen LogP contribution in [0.3, 0.4) is 0 Å². The van der Waals surface area contributed by atoms with Crippen LogP contribution in [0.5, 0.6) is 5.88 Å². The average Bonchev–Trinajstić information content (AvgIpc) is 2.70. The van der Waals surface area contributed by atoms with Gasteiger partial charge in [-0.05, 0) is 18.9 Å². The zero-order valence-corrected chi connectivity index (χ0v) is 11.6. The van der Waals surface area contributed by atoms with Gasteiger partial charge in [0, 0.05) is 18.5 Å². The smallest absolute Gasteiger partial charge is 0.215 e. The maximum atomic E-state index is 6.44. The van der Waals surface area contributed by atoms with Crippen molar-refractivity contribution in [2.45, 2.75) is 44.1 Å². The van der Waals surface area contributed by atoms with E-state index < -0.39 is 0 Å². The van der Waals surface area contributed by atoms with E-state index in [4.69, 9.17) is 10.5 Å². The Labute approximate surface area is 118 Å². The Balaban J connectivity index is 1.69. The lowest BCUT2D eigenvalue weighted by Gasteiger charge is -2.27. The number of pyridine rings is 1. The lowest BCUT2D eigenvalue weighted by Crippen LogP contribution is -2.45. The van der Waals surface area contributed by atoms with Gasteiger partial charge in [-0.2, -0.15) is 4.98 Å². The van der Waals surface area contributed by atoms with E-state index in [-0.39, 0.29) is 5.54 Å². The summed E-state index contributed by atoms with van der Waals surface area (Å²) in [5.74, 6) is 0.576. The molecule has 5 heteroatoms. The Morgan fingerprint density at radius 3 is 2.60 bits per heavy atom. The van der Waals surface area contributed by atoms with Crippen LogP contribution in [0.1, 0.15) is 38.5 Å². The summed E-state index contributed by atoms with van der Waals surface area (Å²) in [5, 5.41) is 0. The molecule has 0 aromatic carbocycles. The standard InChI is InChI=1S/C15H20N4O/c16-15(7-3-1-2-4-8-15)11-20-13-6-5-12-14(19-13)18-10-9-17-12/h5-6,9-10H,1-4,7-8,11,16H2. The summed E-state index contributed by atoms with van der Waals surface area (Å²) < 4.78 is 5.81. The highest BCUT2D eigenvalue weighted by Gasteiger charge is 2.27. The summed E-state index contributed by atoms with van der Waals surface area (Å²) >= 11 is 0. The van der Waals surface area contributed by atoms with E-state index >= 15 is 0 Å². The van der Waals surface area contributed by atoms with Gasteiger partial charge in [-0.3, -0.25) is 4.98 Å². The lowest BCUT2D eigenvalue weighted by molar-refractivity contribution is 0.194. The second-order valence-corrected chi connectivity index (χ2v) is 5.61. The third-order valence-corrected chi connectivity index (χ3v) is 3.91. The predicted octanol–water partition coefficient (Wildman–Crippen LogP) is 2.46. The van der Waals surface area contributed by atoms with Gasteiger partial charge >= 0.3 is 0 Å². The number of nitrogens with two attached hydrogens (primary N) is 1. The van der Waals surface area contributed by atoms with E-state index in [1.165, 1.54) is 25.7 Å². The number of hydrogen-bond acceptors (Lipinski definition) is 5. The molecule has 5 nitrogen and oxygen atoms in total. The third-order valence-electron chi connectivity index (χ3n) is 3.91. The first-order valence-electron chi connectivity index (χ1n) is 7.25. The number of aromatic nitrogens is 3. The minimum atomic E-state index is -0.213. The fourth-order valence-electron chi connectivity index (χ4n) is 2.71. The Morgan fingerprint density at radius 1 is 1.05 bits per heavy atom. The van der Waals surface area contributed by atoms with Gasteiger partial charge < -0.3 is 10.5 Å². The zero-order chi connectivity index (χ0) is 13.8. The summed E-state index contributed by atoms with van der Waals surface area (Å²) in [4.78, 5) is 12.7. The Bertz CT molecular complexity index is 579. The molecule has 0 atom stereocenters. The van der Waals surface area contributed by atoms with E-state index in [9.17, 15) is 0 Å². The highest BCUT2D eigenvalue weighted by molar-refractivity contribution is 5.69. The molecule has 0 spiro atoms. The van der Waals surface area contributed by atoms with Crippen molar-refractivity contribution in [2.24, 2.45) is 5.73 Å². The Hall–Kier alpha value is -1.75. The summed E-state index contributed by atoms with van der Waals surface area (Å²) in [5.41, 5.74) is 7.61. The van der Waals surface area contributed by atoms with Crippen LogP contribution in [0.15, 0.2) is 24.5 Å². The van der Waals surface area contributed by atoms with E-state index in [0.717, 1.165) is 18.4 Å². The van der Waals surface area contributed by atoms with Crippen molar-refractivity contribution in [3.63, 3.8) is 0 Å². The maximum absolute atomic E-state index is 6.44. The molecule has 3 rings (SSSR count). The van der Waals surface area contributed by atoms with Gasteiger partial charge in [0.1, 0.15) is 12.1 Å². The van der Waals surface area contributed by atoms with Crippen molar-refractivity contribution >= 4 is 11.2 Å². The predicted molar refractivity (Wildman–Crippen MR) is 77.4 cm³/mol. The third kappa shape index (κ3) is 3.04. The largest absolute Gasteiger partial charge is 0.476 e. The van der Waals surface area contributed by atoms with Gasteiger partial charge in [0.2, 0.25) is 5.88 Å². The average molecular weight is 272 g/mol. The van der Waals surface area contributed by atoms with Crippen molar-refractivity contribution in [3.05, 3.63) is 24.5 Å². The molecule has 1 aliphatic rings. The molecule has 0 bridgehead atoms. The minimum absolute atomic E-state index is 0.213. The fourth-order valence-corrected chi connectivity index (χ4v) is 2.71. The normalized spacial score (nSPS) is 18.6. The van der Waals surface area contributed by atoms with Crippen molar-refractivity contribution in [1.29, 1.82) is 0 Å². The van der Waals surface area contributed by atoms with Crippen LogP contribution in [0.25, 0.3) is 11.2 Å². The molecule has 106 valence electrons. The minimum Gasteiger partial charge on any atom is -0.476 e. The monoisotopic (exact) mass is 272 g/mol. The zero-order valence-electron chi connectivity index (χ0n) is 11.6. The van der Waals surface area contributed by atoms with Gasteiger partial charge in [-0.1, -0.05) is 25.7 Å². The highest BCUT2D eigenvalue weighted by Crippen LogP contribution is 2.25. The quantitative estimate of drug-likeness (QED) is 0.869. The van der Waals surface area contributed by atoms with E-state index in [0.29, 0.717) is 18.1 Å². The number of fused-ring (bicyclic) bond motifs is 1. The summed E-state index contributed by atoms with van der Waals surface area (Å²) in [6.45, 7) is 0.520. The van der Waals surface area contributed by atoms with Crippen molar-refractivity contribution in [2.75, 3.05) is 6.61 Å². The lowest BCUT2D eigenvalue weighted by atomic mass is 9.93. The first-order valence-corrected chi connectivity index (χ1v) is 7.25. The van der Waals surface area contributed by atoms with Crippen molar-refractivity contribution < 1.29 is 4.74 Å². The summed E-state index contributed by atoms with van der Waals surface area (Å²) in [7, 11) is 0. The topological polar surface area (TPSA) is 73.9 Å². The van der Waals surface area contributed by atoms with Gasteiger partial charge in [0.15, 0.2) is 5.65 Å². The summed E-state index contributed by atoms with van der Waals surface area (Å²) in [6.07, 6.45) is 10.3. The molecule has 0 saturated heterocycles. The van der Waals surface area contributed by atoms with Crippen molar-refractivity contribution in [1.82, 2.24) is 15.0 Å². The molecular formula is C15H20N4O. The molecule has 0 amide bonds. The number of nitrogens with zero attached hydrogens (tertiary/aromatic N) is 3. The van der Waals surface area contributed by atoms with Crippen molar-refractivity contribution in [3.8, 4) is 5.88 Å². The molecule has 2 aromatic rings. The van der Waals surface area contributed by atoms with Crippen LogP contribution >= 0.6 is 0 Å². The van der Waals surface area contributed by atoms with Crippen LogP contribution in [-0.2, 0) is 0 Å². The van der Waals surface area contributed by atoms with Gasteiger partial charge in [-0.25, -0.2) is 4.98 Å². The second-order valence-electron chi connectivity index (χ2n) is 5.61. The molecule has 0 radical (unpaired) electrons. The van der Waals surface area contributed by atoms with Gasteiger partial charge in [-0.15, -0.1) is 0 Å². The highest BCUT2D eigenvalue weighted by atomic mass is 16.5. The number of ether oxygens (including phenoxy) is 1. The number of rotatable bonds is 3. The molecule has 2 aromatic heterocycles. The van der Waals surface area contributed by atoms with Crippen LogP contribution in [0.4, 0.5) is 0 Å². The van der Waals surface area contributed by atoms with Crippen LogP contribution in [-0.4, -0.2) is 27.1 Å². The molecule has 1 saturated carbocycles. The molecule has 2 N–H and O–H groups in total. The Kier molecular flexibility index (Phi) is 3.78. The molecule has 0 aliphatic heterocycles. The van der Waals surface area contributed by atoms with Gasteiger partial charge in [0.25, 0.3) is 0 Å². The summed E-state index contributed by atoms with van der Waals surface area (Å²) in [6, 6.07) is 3.71. The Morgan fingerprint density at radius 2 is 1.80 bits per heavy atom. The first-order chi connectivity index (χ1) is 9.75. The second kappa shape index (κ2) is 5.71. The van der Waals surface area contributed by atoms with E-state index in [2.05, 4.69) is 15.0 Å². The maximum Gasteiger partial charge on any atom is 0.215 e. The van der Waals surface area contributed by atoms with Gasteiger partial charge in [0.05, 0.1) is 5.54 Å². The molecule has 0 unspecified atom stereocenters. The molecule has 20 heavy (non-hydrogen) atoms. The number of hydrogen-bond donors (Lipinski definition) is 1. The van der Waals surface area contributed by atoms with Crippen LogP contribution in [0.2, 0.25) is 0 Å². The molecular weight excluding hydrogens is 252 g/mol. The molecule has 1 aliphatic carbocycles. The van der Waals surface area contributed by atoms with E-state index in [1.54, 1.807) is 12.4 Å². The van der Waals surface area contributed by atoms with Crippen LogP contribution < -0.4 is 10.5 Å².